The Hall–Kier alpha value is -3.02. The molecule has 0 atom stereocenters. The van der Waals surface area contributed by atoms with Gasteiger partial charge in [0.1, 0.15) is 5.75 Å². The summed E-state index contributed by atoms with van der Waals surface area (Å²) in [4.78, 5) is 11.8. The lowest BCUT2D eigenvalue weighted by molar-refractivity contribution is -0.121. The Morgan fingerprint density at radius 3 is 2.69 bits per heavy atom. The second kappa shape index (κ2) is 10.1. The van der Waals surface area contributed by atoms with Crippen molar-refractivity contribution in [3.63, 3.8) is 0 Å². The molecule has 138 valence electrons. The molecule has 0 unspecified atom stereocenters. The number of benzene rings is 2. The minimum Gasteiger partial charge on any atom is -0.504 e. The molecule has 0 saturated heterocycles. The predicted molar refractivity (Wildman–Crippen MR) is 101 cm³/mol. The molecular weight excluding hydrogens is 332 g/mol. The first kappa shape index (κ1) is 19.3. The number of amides is 1. The van der Waals surface area contributed by atoms with E-state index in [1.54, 1.807) is 18.2 Å². The van der Waals surface area contributed by atoms with Crippen LogP contribution in [0, 0.1) is 0 Å². The summed E-state index contributed by atoms with van der Waals surface area (Å²) in [6, 6.07) is 12.9. The Morgan fingerprint density at radius 2 is 2.00 bits per heavy atom. The molecule has 2 aromatic rings. The number of rotatable bonds is 9. The number of para-hydroxylation sites is 1. The number of aryl methyl sites for hydroxylation is 1. The van der Waals surface area contributed by atoms with Gasteiger partial charge in [-0.15, -0.1) is 0 Å². The van der Waals surface area contributed by atoms with Gasteiger partial charge in [-0.3, -0.25) is 4.79 Å². The summed E-state index contributed by atoms with van der Waals surface area (Å²) in [7, 11) is 1.47. The van der Waals surface area contributed by atoms with Crippen LogP contribution in [0.3, 0.4) is 0 Å². The van der Waals surface area contributed by atoms with Crippen molar-refractivity contribution in [2.75, 3.05) is 13.7 Å². The van der Waals surface area contributed by atoms with Crippen LogP contribution in [0.4, 0.5) is 0 Å². The molecule has 6 nitrogen and oxygen atoms in total. The van der Waals surface area contributed by atoms with Crippen LogP contribution in [-0.4, -0.2) is 30.9 Å². The zero-order chi connectivity index (χ0) is 18.8. The van der Waals surface area contributed by atoms with Gasteiger partial charge in [-0.1, -0.05) is 18.2 Å². The van der Waals surface area contributed by atoms with Gasteiger partial charge in [0.05, 0.1) is 19.9 Å². The van der Waals surface area contributed by atoms with Gasteiger partial charge in [-0.2, -0.15) is 5.10 Å². The molecular formula is C20H24N2O4. The number of carbonyl (C=O) groups excluding carboxylic acids is 1. The Morgan fingerprint density at radius 1 is 1.23 bits per heavy atom. The van der Waals surface area contributed by atoms with Gasteiger partial charge in [-0.05, 0) is 49.6 Å². The first-order chi connectivity index (χ1) is 12.6. The van der Waals surface area contributed by atoms with Crippen molar-refractivity contribution in [3.05, 3.63) is 53.6 Å². The van der Waals surface area contributed by atoms with E-state index in [1.165, 1.54) is 13.3 Å². The summed E-state index contributed by atoms with van der Waals surface area (Å²) in [6.07, 6.45) is 3.29. The van der Waals surface area contributed by atoms with Gasteiger partial charge >= 0.3 is 0 Å². The molecule has 2 N–H and O–H groups in total. The average molecular weight is 356 g/mol. The average Bonchev–Trinajstić information content (AvgIpc) is 2.65. The highest BCUT2D eigenvalue weighted by Gasteiger charge is 2.05. The van der Waals surface area contributed by atoms with Gasteiger partial charge in [0, 0.05) is 12.0 Å². The van der Waals surface area contributed by atoms with Crippen molar-refractivity contribution < 1.29 is 19.4 Å². The maximum absolute atomic E-state index is 11.8. The van der Waals surface area contributed by atoms with E-state index in [-0.39, 0.29) is 11.7 Å². The molecule has 0 bridgehead atoms. The molecule has 0 aliphatic rings. The Bertz CT molecular complexity index is 742. The summed E-state index contributed by atoms with van der Waals surface area (Å²) >= 11 is 0. The summed E-state index contributed by atoms with van der Waals surface area (Å²) < 4.78 is 10.4. The maximum atomic E-state index is 11.8. The number of hydrogen-bond donors (Lipinski definition) is 2. The van der Waals surface area contributed by atoms with Crippen molar-refractivity contribution in [1.29, 1.82) is 0 Å². The van der Waals surface area contributed by atoms with Crippen LogP contribution in [0.15, 0.2) is 47.6 Å². The third-order valence-electron chi connectivity index (χ3n) is 3.75. The van der Waals surface area contributed by atoms with Crippen LogP contribution in [0.5, 0.6) is 17.2 Å². The van der Waals surface area contributed by atoms with E-state index in [0.717, 1.165) is 24.2 Å². The molecule has 26 heavy (non-hydrogen) atoms. The second-order valence-corrected chi connectivity index (χ2v) is 5.62. The highest BCUT2D eigenvalue weighted by atomic mass is 16.5. The van der Waals surface area contributed by atoms with E-state index in [4.69, 9.17) is 9.47 Å². The second-order valence-electron chi connectivity index (χ2n) is 5.62. The van der Waals surface area contributed by atoms with E-state index < -0.39 is 0 Å². The molecule has 2 aromatic carbocycles. The lowest BCUT2D eigenvalue weighted by Crippen LogP contribution is -2.17. The zero-order valence-electron chi connectivity index (χ0n) is 15.1. The summed E-state index contributed by atoms with van der Waals surface area (Å²) in [5.41, 5.74) is 4.10. The molecule has 6 heteroatoms. The van der Waals surface area contributed by atoms with Crippen molar-refractivity contribution in [2.24, 2.45) is 5.10 Å². The van der Waals surface area contributed by atoms with E-state index in [0.29, 0.717) is 24.3 Å². The third-order valence-corrected chi connectivity index (χ3v) is 3.75. The van der Waals surface area contributed by atoms with E-state index in [9.17, 15) is 9.90 Å². The van der Waals surface area contributed by atoms with Crippen molar-refractivity contribution in [1.82, 2.24) is 5.43 Å². The van der Waals surface area contributed by atoms with E-state index >= 15 is 0 Å². The molecule has 0 radical (unpaired) electrons. The van der Waals surface area contributed by atoms with Crippen LogP contribution < -0.4 is 14.9 Å². The normalized spacial score (nSPS) is 10.7. The van der Waals surface area contributed by atoms with Crippen molar-refractivity contribution >= 4 is 12.1 Å². The summed E-state index contributed by atoms with van der Waals surface area (Å²) in [5, 5.41) is 13.8. The first-order valence-electron chi connectivity index (χ1n) is 8.53. The van der Waals surface area contributed by atoms with Crippen molar-refractivity contribution in [3.8, 4) is 17.2 Å². The number of hydrazone groups is 1. The molecule has 0 saturated carbocycles. The van der Waals surface area contributed by atoms with Gasteiger partial charge < -0.3 is 14.6 Å². The van der Waals surface area contributed by atoms with Crippen LogP contribution in [-0.2, 0) is 11.2 Å². The number of hydrogen-bond acceptors (Lipinski definition) is 5. The number of methoxy groups -OCH3 is 1. The summed E-state index contributed by atoms with van der Waals surface area (Å²) in [5.74, 6) is 1.03. The number of nitrogens with one attached hydrogen (secondary N) is 1. The lowest BCUT2D eigenvalue weighted by Gasteiger charge is -2.05. The summed E-state index contributed by atoms with van der Waals surface area (Å²) in [6.45, 7) is 2.60. The maximum Gasteiger partial charge on any atom is 0.240 e. The molecule has 0 spiro atoms. The van der Waals surface area contributed by atoms with E-state index in [1.807, 2.05) is 31.2 Å². The fourth-order valence-corrected chi connectivity index (χ4v) is 2.41. The fourth-order valence-electron chi connectivity index (χ4n) is 2.41. The molecule has 2 rings (SSSR count). The van der Waals surface area contributed by atoms with Gasteiger partial charge in [-0.25, -0.2) is 5.43 Å². The van der Waals surface area contributed by atoms with Gasteiger partial charge in [0.15, 0.2) is 11.5 Å². The Balaban J connectivity index is 1.75. The quantitative estimate of drug-likeness (QED) is 0.534. The molecule has 0 aliphatic heterocycles. The van der Waals surface area contributed by atoms with Gasteiger partial charge in [0.25, 0.3) is 0 Å². The van der Waals surface area contributed by atoms with Crippen LogP contribution in [0.25, 0.3) is 0 Å². The minimum atomic E-state index is -0.172. The smallest absolute Gasteiger partial charge is 0.240 e. The Labute approximate surface area is 153 Å². The molecule has 1 amide bonds. The highest BCUT2D eigenvalue weighted by molar-refractivity contribution is 5.86. The molecule has 0 heterocycles. The van der Waals surface area contributed by atoms with Crippen molar-refractivity contribution in [2.45, 2.75) is 26.2 Å². The minimum absolute atomic E-state index is 0.0106. The number of ether oxygens (including phenoxy) is 2. The lowest BCUT2D eigenvalue weighted by atomic mass is 10.1. The third kappa shape index (κ3) is 5.81. The van der Waals surface area contributed by atoms with E-state index in [2.05, 4.69) is 10.5 Å². The molecule has 0 aliphatic carbocycles. The number of phenolic OH excluding ortho intramolecular Hbond substituents is 1. The van der Waals surface area contributed by atoms with Crippen LogP contribution in [0.2, 0.25) is 0 Å². The van der Waals surface area contributed by atoms with Crippen LogP contribution >= 0.6 is 0 Å². The largest absolute Gasteiger partial charge is 0.504 e. The van der Waals surface area contributed by atoms with Crippen LogP contribution in [0.1, 0.15) is 30.9 Å². The fraction of sp³-hybridized carbons (Fsp3) is 0.300. The van der Waals surface area contributed by atoms with Gasteiger partial charge in [0.2, 0.25) is 5.91 Å². The standard InChI is InChI=1S/C20H24N2O4/c1-3-26-17-12-10-15(11-13-17)6-4-9-19(23)22-21-14-16-7-5-8-18(25-2)20(16)24/h5,7-8,10-14,24H,3-4,6,9H2,1-2H3,(H,22,23). The predicted octanol–water partition coefficient (Wildman–Crippen LogP) is 3.27. The number of carbonyl (C=O) groups is 1. The number of phenols is 1. The Kier molecular flexibility index (Phi) is 7.49. The highest BCUT2D eigenvalue weighted by Crippen LogP contribution is 2.27. The molecule has 0 aromatic heterocycles. The first-order valence-corrected chi connectivity index (χ1v) is 8.53. The zero-order valence-corrected chi connectivity index (χ0v) is 15.1. The molecule has 0 fully saturated rings. The number of nitrogens with zero attached hydrogens (tertiary/aromatic N) is 1. The SMILES string of the molecule is CCOc1ccc(CCCC(=O)NN=Cc2cccc(OC)c2O)cc1. The topological polar surface area (TPSA) is 80.2 Å². The monoisotopic (exact) mass is 356 g/mol. The number of aromatic hydroxyl groups is 1.